The molecule has 1 atom stereocenters. The van der Waals surface area contributed by atoms with Gasteiger partial charge in [0.1, 0.15) is 0 Å². The highest BCUT2D eigenvalue weighted by molar-refractivity contribution is 7.32. The van der Waals surface area contributed by atoms with Crippen molar-refractivity contribution in [2.45, 2.75) is 44.9 Å². The van der Waals surface area contributed by atoms with Crippen molar-refractivity contribution in [3.8, 4) is 0 Å². The third kappa shape index (κ3) is 3.88. The molecule has 20 heavy (non-hydrogen) atoms. The number of pyridine rings is 1. The van der Waals surface area contributed by atoms with Gasteiger partial charge in [-0.1, -0.05) is 23.8 Å². The van der Waals surface area contributed by atoms with E-state index in [1.807, 2.05) is 13.0 Å². The minimum absolute atomic E-state index is 0.276. The average Bonchev–Trinajstić information content (AvgIpc) is 2.41. The zero-order valence-electron chi connectivity index (χ0n) is 11.4. The minimum atomic E-state index is -2.73. The van der Waals surface area contributed by atoms with Crippen LogP contribution in [-0.4, -0.2) is 16.4 Å². The first kappa shape index (κ1) is 15.2. The van der Waals surface area contributed by atoms with Crippen molar-refractivity contribution in [3.63, 3.8) is 0 Å². The van der Waals surface area contributed by atoms with Crippen LogP contribution in [0.2, 0.25) is 0 Å². The molecule has 2 rings (SSSR count). The maximum absolute atomic E-state index is 12.0. The Morgan fingerprint density at radius 3 is 2.70 bits per heavy atom. The normalized spacial score (nSPS) is 17.0. The van der Waals surface area contributed by atoms with Gasteiger partial charge in [-0.05, 0) is 31.4 Å². The molecule has 110 valence electrons. The summed E-state index contributed by atoms with van der Waals surface area (Å²) in [7, 11) is -2.73. The van der Waals surface area contributed by atoms with Crippen LogP contribution in [-0.2, 0) is 9.09 Å². The maximum atomic E-state index is 12.0. The van der Waals surface area contributed by atoms with Crippen LogP contribution >= 0.6 is 8.25 Å². The monoisotopic (exact) mass is 300 g/mol. The van der Waals surface area contributed by atoms with E-state index in [4.69, 9.17) is 9.73 Å². The number of aryl methyl sites for hydroxylation is 1. The van der Waals surface area contributed by atoms with Gasteiger partial charge in [0, 0.05) is 16.5 Å². The highest BCUT2D eigenvalue weighted by atomic mass is 31.1. The highest BCUT2D eigenvalue weighted by Crippen LogP contribution is 2.32. The van der Waals surface area contributed by atoms with Crippen LogP contribution < -0.4 is 10.4 Å². The summed E-state index contributed by atoms with van der Waals surface area (Å²) in [6, 6.07) is 3.42. The minimum Gasteiger partial charge on any atom is -0.377 e. The number of nitrogens with zero attached hydrogens (tertiary/aromatic N) is 1. The van der Waals surface area contributed by atoms with E-state index in [-0.39, 0.29) is 5.56 Å². The summed E-state index contributed by atoms with van der Waals surface area (Å²) < 4.78 is 16.1. The molecule has 1 saturated carbocycles. The second kappa shape index (κ2) is 6.97. The number of rotatable bonds is 5. The molecule has 0 spiro atoms. The molecule has 1 unspecified atom stereocenters. The average molecular weight is 300 g/mol. The molecule has 0 radical (unpaired) electrons. The predicted molar refractivity (Wildman–Crippen MR) is 73.6 cm³/mol. The Hall–Kier alpha value is -1.23. The van der Waals surface area contributed by atoms with Crippen molar-refractivity contribution in [2.24, 2.45) is 0 Å². The lowest BCUT2D eigenvalue weighted by atomic mass is 9.86. The fourth-order valence-electron chi connectivity index (χ4n) is 2.66. The van der Waals surface area contributed by atoms with E-state index in [9.17, 15) is 9.36 Å². The first-order valence-electron chi connectivity index (χ1n) is 6.74. The molecule has 0 amide bonds. The van der Waals surface area contributed by atoms with E-state index in [0.717, 1.165) is 36.9 Å². The highest BCUT2D eigenvalue weighted by Gasteiger charge is 2.21. The van der Waals surface area contributed by atoms with E-state index in [1.165, 1.54) is 17.2 Å². The Balaban J connectivity index is 2.23. The van der Waals surface area contributed by atoms with Crippen molar-refractivity contribution in [3.05, 3.63) is 33.7 Å². The summed E-state index contributed by atoms with van der Waals surface area (Å²) in [4.78, 5) is 25.8. The van der Waals surface area contributed by atoms with E-state index in [1.54, 1.807) is 0 Å². The van der Waals surface area contributed by atoms with Crippen LogP contribution in [0.1, 0.15) is 49.3 Å². The second-order valence-corrected chi connectivity index (χ2v) is 5.77. The Labute approximate surface area is 118 Å². The van der Waals surface area contributed by atoms with Crippen molar-refractivity contribution in [1.82, 2.24) is 4.73 Å². The molecular weight excluding hydrogens is 281 g/mol. The first-order valence-corrected chi connectivity index (χ1v) is 7.87. The molecule has 0 aromatic carbocycles. The van der Waals surface area contributed by atoms with Crippen molar-refractivity contribution in [1.29, 1.82) is 0 Å². The van der Waals surface area contributed by atoms with Gasteiger partial charge >= 0.3 is 8.25 Å². The first-order chi connectivity index (χ1) is 9.58. The third-order valence-electron chi connectivity index (χ3n) is 3.53. The Morgan fingerprint density at radius 2 is 2.05 bits per heavy atom. The molecule has 0 aliphatic heterocycles. The van der Waals surface area contributed by atoms with Gasteiger partial charge in [-0.2, -0.15) is 0 Å². The number of hydrogen-bond acceptors (Lipinski definition) is 4. The lowest BCUT2D eigenvalue weighted by Gasteiger charge is -2.24. The lowest BCUT2D eigenvalue weighted by Crippen LogP contribution is -2.32. The summed E-state index contributed by atoms with van der Waals surface area (Å²) >= 11 is 0. The Morgan fingerprint density at radius 1 is 1.35 bits per heavy atom. The molecule has 1 heterocycles. The topological polar surface area (TPSA) is 77.8 Å². The van der Waals surface area contributed by atoms with Gasteiger partial charge in [-0.3, -0.25) is 4.79 Å². The maximum Gasteiger partial charge on any atom is 0.698 e. The fraction of sp³-hybridized carbons (Fsp3) is 0.615. The van der Waals surface area contributed by atoms with Gasteiger partial charge < -0.3 is 4.84 Å². The largest absolute Gasteiger partial charge is 0.698 e. The molecule has 1 aliphatic rings. The molecule has 1 aromatic rings. The van der Waals surface area contributed by atoms with Crippen molar-refractivity contribution < 1.29 is 18.8 Å². The van der Waals surface area contributed by atoms with Gasteiger partial charge in [0.05, 0.1) is 5.69 Å². The van der Waals surface area contributed by atoms with E-state index in [0.29, 0.717) is 5.92 Å². The van der Waals surface area contributed by atoms with Gasteiger partial charge in [0.25, 0.3) is 12.4 Å². The summed E-state index contributed by atoms with van der Waals surface area (Å²) in [5.41, 5.74) is 1.44. The molecule has 1 N–H and O–H groups in total. The van der Waals surface area contributed by atoms with Crippen LogP contribution in [0.5, 0.6) is 0 Å². The Kier molecular flexibility index (Phi) is 5.29. The zero-order valence-corrected chi connectivity index (χ0v) is 12.3. The smallest absolute Gasteiger partial charge is 0.377 e. The SMILES string of the molecule is Cc1cc(C2CCCCC2)n(OCO[P+](=O)O)c(=O)c1. The predicted octanol–water partition coefficient (Wildman–Crippen LogP) is 2.26. The van der Waals surface area contributed by atoms with E-state index < -0.39 is 15.0 Å². The van der Waals surface area contributed by atoms with E-state index >= 15 is 0 Å². The van der Waals surface area contributed by atoms with Crippen LogP contribution in [0.3, 0.4) is 0 Å². The molecule has 1 fully saturated rings. The molecule has 1 aromatic heterocycles. The molecular formula is C13H19NO5P+. The number of hydrogen-bond donors (Lipinski definition) is 1. The van der Waals surface area contributed by atoms with Gasteiger partial charge in [-0.25, -0.2) is 0 Å². The Bertz CT molecular complexity index is 536. The summed E-state index contributed by atoms with van der Waals surface area (Å²) in [6.45, 7) is 1.45. The van der Waals surface area contributed by atoms with Gasteiger partial charge in [0.2, 0.25) is 0 Å². The molecule has 6 nitrogen and oxygen atoms in total. The fourth-order valence-corrected chi connectivity index (χ4v) is 2.79. The second-order valence-electron chi connectivity index (χ2n) is 5.04. The van der Waals surface area contributed by atoms with Crippen LogP contribution in [0.15, 0.2) is 16.9 Å². The van der Waals surface area contributed by atoms with Gasteiger partial charge in [0.15, 0.2) is 0 Å². The molecule has 7 heteroatoms. The van der Waals surface area contributed by atoms with Crippen molar-refractivity contribution in [2.75, 3.05) is 6.79 Å². The summed E-state index contributed by atoms with van der Waals surface area (Å²) in [6.07, 6.45) is 5.57. The van der Waals surface area contributed by atoms with E-state index in [2.05, 4.69) is 4.52 Å². The summed E-state index contributed by atoms with van der Waals surface area (Å²) in [5.74, 6) is 0.291. The quantitative estimate of drug-likeness (QED) is 0.666. The van der Waals surface area contributed by atoms with Crippen LogP contribution in [0, 0.1) is 6.92 Å². The number of aromatic nitrogens is 1. The van der Waals surface area contributed by atoms with Crippen LogP contribution in [0.4, 0.5) is 0 Å². The zero-order chi connectivity index (χ0) is 14.5. The molecule has 1 aliphatic carbocycles. The van der Waals surface area contributed by atoms with Crippen LogP contribution in [0.25, 0.3) is 0 Å². The third-order valence-corrected chi connectivity index (χ3v) is 3.86. The van der Waals surface area contributed by atoms with Crippen molar-refractivity contribution >= 4 is 8.25 Å². The summed E-state index contributed by atoms with van der Waals surface area (Å²) in [5, 5.41) is 0. The standard InChI is InChI=1S/C13H18NO5P/c1-10-7-12(11-5-3-2-4-6-11)14(13(15)8-10)18-9-19-20(16)17/h7-8,11H,2-6,9H2,1H3/p+1. The lowest BCUT2D eigenvalue weighted by molar-refractivity contribution is -0.00779. The van der Waals surface area contributed by atoms with Gasteiger partial charge in [-0.15, -0.1) is 9.62 Å². The molecule has 0 bridgehead atoms. The molecule has 0 saturated heterocycles.